The number of hydrogen-bond acceptors (Lipinski definition) is 5. The number of nitrogens with zero attached hydrogens (tertiary/aromatic N) is 1. The lowest BCUT2D eigenvalue weighted by atomic mass is 10.0. The molecule has 2 aromatic heterocycles. The predicted molar refractivity (Wildman–Crippen MR) is 109 cm³/mol. The third-order valence-electron chi connectivity index (χ3n) is 4.55. The molecule has 0 N–H and O–H groups in total. The van der Waals surface area contributed by atoms with E-state index < -0.39 is 40.6 Å². The van der Waals surface area contributed by atoms with Gasteiger partial charge in [0.15, 0.2) is 0 Å². The molecule has 0 saturated carbocycles. The minimum atomic E-state index is -4.72. The number of carbonyl (C=O) groups excluding carboxylic acids is 3. The Hall–Kier alpha value is -3.33. The van der Waals surface area contributed by atoms with Crippen molar-refractivity contribution in [2.75, 3.05) is 13.2 Å². The molecular weight excluding hydrogens is 451 g/mol. The largest absolute Gasteiger partial charge is 0.462 e. The average Bonchev–Trinajstić information content (AvgIpc) is 3.08. The van der Waals surface area contributed by atoms with Gasteiger partial charge in [0.25, 0.3) is 0 Å². The Kier molecular flexibility index (Phi) is 6.59. The van der Waals surface area contributed by atoms with Crippen molar-refractivity contribution in [3.8, 4) is 0 Å². The van der Waals surface area contributed by atoms with Crippen molar-refractivity contribution in [2.24, 2.45) is 0 Å². The molecular formula is C22H17ClF3NO5. The molecule has 0 radical (unpaired) electrons. The van der Waals surface area contributed by atoms with Gasteiger partial charge in [-0.15, -0.1) is 0 Å². The van der Waals surface area contributed by atoms with E-state index in [1.807, 2.05) is 0 Å². The van der Waals surface area contributed by atoms with Crippen LogP contribution in [0.4, 0.5) is 13.2 Å². The van der Waals surface area contributed by atoms with E-state index in [9.17, 15) is 27.6 Å². The van der Waals surface area contributed by atoms with Crippen LogP contribution in [0.2, 0.25) is 5.02 Å². The number of carbonyl (C=O) groups is 3. The average molecular weight is 468 g/mol. The predicted octanol–water partition coefficient (Wildman–Crippen LogP) is 5.20. The molecule has 0 fully saturated rings. The highest BCUT2D eigenvalue weighted by Gasteiger charge is 2.36. The smallest absolute Gasteiger partial charge is 0.416 e. The van der Waals surface area contributed by atoms with Crippen LogP contribution in [0.3, 0.4) is 0 Å². The lowest BCUT2D eigenvalue weighted by Crippen LogP contribution is -2.16. The molecule has 168 valence electrons. The van der Waals surface area contributed by atoms with Gasteiger partial charge in [0.05, 0.1) is 24.3 Å². The van der Waals surface area contributed by atoms with E-state index in [1.54, 1.807) is 0 Å². The number of pyridine rings is 1. The zero-order chi connectivity index (χ0) is 23.6. The van der Waals surface area contributed by atoms with Crippen LogP contribution < -0.4 is 0 Å². The molecule has 0 amide bonds. The van der Waals surface area contributed by atoms with Gasteiger partial charge >= 0.3 is 18.1 Å². The summed E-state index contributed by atoms with van der Waals surface area (Å²) in [6.45, 7) is 2.83. The Morgan fingerprint density at radius 3 is 2.03 bits per heavy atom. The number of ether oxygens (including phenoxy) is 2. The van der Waals surface area contributed by atoms with Gasteiger partial charge in [-0.05, 0) is 50.2 Å². The van der Waals surface area contributed by atoms with Crippen LogP contribution in [0.5, 0.6) is 0 Å². The van der Waals surface area contributed by atoms with Crippen LogP contribution >= 0.6 is 11.6 Å². The van der Waals surface area contributed by atoms with Crippen LogP contribution in [-0.4, -0.2) is 35.3 Å². The number of rotatable bonds is 6. The maximum Gasteiger partial charge on any atom is 0.416 e. The summed E-state index contributed by atoms with van der Waals surface area (Å²) in [5.41, 5.74) is -2.53. The first-order valence-corrected chi connectivity index (χ1v) is 9.87. The lowest BCUT2D eigenvalue weighted by Gasteiger charge is -2.09. The van der Waals surface area contributed by atoms with Crippen molar-refractivity contribution >= 4 is 34.8 Å². The highest BCUT2D eigenvalue weighted by atomic mass is 35.5. The van der Waals surface area contributed by atoms with Gasteiger partial charge in [0, 0.05) is 16.8 Å². The topological polar surface area (TPSA) is 74.1 Å². The summed E-state index contributed by atoms with van der Waals surface area (Å²) in [5, 5.41) is 0.356. The van der Waals surface area contributed by atoms with Gasteiger partial charge in [-0.2, -0.15) is 13.2 Å². The second-order valence-electron chi connectivity index (χ2n) is 6.54. The van der Waals surface area contributed by atoms with Crippen LogP contribution in [0, 0.1) is 0 Å². The molecule has 0 bridgehead atoms. The van der Waals surface area contributed by atoms with Gasteiger partial charge < -0.3 is 13.9 Å². The molecule has 32 heavy (non-hydrogen) atoms. The monoisotopic (exact) mass is 467 g/mol. The van der Waals surface area contributed by atoms with Crippen molar-refractivity contribution < 1.29 is 37.0 Å². The number of halogens is 4. The maximum absolute atomic E-state index is 13.3. The summed E-state index contributed by atoms with van der Waals surface area (Å²) in [5.74, 6) is -2.80. The number of benzene rings is 1. The van der Waals surface area contributed by atoms with Crippen LogP contribution in [0.1, 0.15) is 56.2 Å². The highest BCUT2D eigenvalue weighted by Crippen LogP contribution is 2.34. The number of fused-ring (bicyclic) bond motifs is 1. The SMILES string of the molecule is CCOC(=O)c1c(C(=O)OCC)c2cc(C(F)(F)F)ccn2c1C(=O)c1ccc(Cl)cc1. The Labute approximate surface area is 185 Å². The molecule has 0 aliphatic carbocycles. The standard InChI is InChI=1S/C22H17ClF3NO5/c1-3-31-20(29)16-15-11-13(22(24,25)26)9-10-27(15)18(17(16)21(30)32-4-2)19(28)12-5-7-14(23)8-6-12/h5-11H,3-4H2,1-2H3. The van der Waals surface area contributed by atoms with Crippen molar-refractivity contribution in [2.45, 2.75) is 20.0 Å². The van der Waals surface area contributed by atoms with E-state index in [4.69, 9.17) is 21.1 Å². The Morgan fingerprint density at radius 2 is 1.50 bits per heavy atom. The molecule has 3 rings (SSSR count). The molecule has 6 nitrogen and oxygen atoms in total. The number of esters is 2. The van der Waals surface area contributed by atoms with E-state index in [0.717, 1.165) is 16.7 Å². The van der Waals surface area contributed by atoms with Crippen LogP contribution in [-0.2, 0) is 15.7 Å². The molecule has 1 aromatic carbocycles. The molecule has 0 saturated heterocycles. The second-order valence-corrected chi connectivity index (χ2v) is 6.98. The van der Waals surface area contributed by atoms with Gasteiger partial charge in [0.2, 0.25) is 5.78 Å². The summed E-state index contributed by atoms with van der Waals surface area (Å²) < 4.78 is 51.1. The Bertz CT molecular complexity index is 1200. The number of aromatic nitrogens is 1. The summed E-state index contributed by atoms with van der Waals surface area (Å²) in [6, 6.07) is 7.12. The molecule has 0 atom stereocenters. The fourth-order valence-electron chi connectivity index (χ4n) is 3.20. The molecule has 3 aromatic rings. The van der Waals surface area contributed by atoms with E-state index in [-0.39, 0.29) is 30.0 Å². The van der Waals surface area contributed by atoms with Gasteiger partial charge in [-0.1, -0.05) is 11.6 Å². The summed E-state index contributed by atoms with van der Waals surface area (Å²) in [7, 11) is 0. The van der Waals surface area contributed by atoms with Crippen molar-refractivity contribution in [1.29, 1.82) is 0 Å². The first-order valence-electron chi connectivity index (χ1n) is 9.49. The molecule has 0 spiro atoms. The minimum absolute atomic E-state index is 0.0876. The fraction of sp³-hybridized carbons (Fsp3) is 0.227. The van der Waals surface area contributed by atoms with Gasteiger partial charge in [-0.25, -0.2) is 9.59 Å². The molecule has 2 heterocycles. The lowest BCUT2D eigenvalue weighted by molar-refractivity contribution is -0.137. The normalized spacial score (nSPS) is 11.4. The Balaban J connectivity index is 2.41. The van der Waals surface area contributed by atoms with E-state index >= 15 is 0 Å². The van der Waals surface area contributed by atoms with Crippen molar-refractivity contribution in [3.05, 3.63) is 75.6 Å². The van der Waals surface area contributed by atoms with Gasteiger partial charge in [-0.3, -0.25) is 4.79 Å². The number of hydrogen-bond donors (Lipinski definition) is 0. The van der Waals surface area contributed by atoms with E-state index in [0.29, 0.717) is 11.1 Å². The molecule has 0 unspecified atom stereocenters. The zero-order valence-electron chi connectivity index (χ0n) is 17.0. The molecule has 0 aliphatic rings. The van der Waals surface area contributed by atoms with E-state index in [1.165, 1.54) is 38.1 Å². The highest BCUT2D eigenvalue weighted by molar-refractivity contribution is 6.30. The zero-order valence-corrected chi connectivity index (χ0v) is 17.7. The number of ketones is 1. The number of alkyl halides is 3. The summed E-state index contributed by atoms with van der Waals surface area (Å²) in [4.78, 5) is 38.8. The molecule has 10 heteroatoms. The quantitative estimate of drug-likeness (QED) is 0.368. The first-order chi connectivity index (χ1) is 15.1. The maximum atomic E-state index is 13.3. The van der Waals surface area contributed by atoms with Crippen molar-refractivity contribution in [3.63, 3.8) is 0 Å². The van der Waals surface area contributed by atoms with E-state index in [2.05, 4.69) is 0 Å². The summed E-state index contributed by atoms with van der Waals surface area (Å²) >= 11 is 5.86. The minimum Gasteiger partial charge on any atom is -0.462 e. The first kappa shape index (κ1) is 23.3. The van der Waals surface area contributed by atoms with Gasteiger partial charge in [0.1, 0.15) is 16.8 Å². The third kappa shape index (κ3) is 4.34. The molecule has 0 aliphatic heterocycles. The summed E-state index contributed by atoms with van der Waals surface area (Å²) in [6.07, 6.45) is -3.74. The Morgan fingerprint density at radius 1 is 0.938 bits per heavy atom. The third-order valence-corrected chi connectivity index (χ3v) is 4.80. The van der Waals surface area contributed by atoms with Crippen LogP contribution in [0.25, 0.3) is 5.52 Å². The second kappa shape index (κ2) is 9.04. The fourth-order valence-corrected chi connectivity index (χ4v) is 3.33. The van der Waals surface area contributed by atoms with Crippen molar-refractivity contribution in [1.82, 2.24) is 4.40 Å². The van der Waals surface area contributed by atoms with Crippen LogP contribution in [0.15, 0.2) is 42.6 Å².